The third-order valence-electron chi connectivity index (χ3n) is 2.57. The van der Waals surface area contributed by atoms with Gasteiger partial charge in [0.15, 0.2) is 5.82 Å². The van der Waals surface area contributed by atoms with Crippen molar-refractivity contribution < 1.29 is 14.5 Å². The highest BCUT2D eigenvalue weighted by molar-refractivity contribution is 6.32. The molecule has 0 saturated carbocycles. The lowest BCUT2D eigenvalue weighted by Crippen LogP contribution is -2.07. The van der Waals surface area contributed by atoms with Gasteiger partial charge in [0.2, 0.25) is 0 Å². The molecule has 2 rings (SSSR count). The summed E-state index contributed by atoms with van der Waals surface area (Å²) in [5.41, 5.74) is 0.593. The van der Waals surface area contributed by atoms with Crippen molar-refractivity contribution in [2.45, 2.75) is 6.92 Å². The fourth-order valence-electron chi connectivity index (χ4n) is 1.58. The highest BCUT2D eigenvalue weighted by Gasteiger charge is 2.15. The minimum Gasteiger partial charge on any atom is -0.462 e. The van der Waals surface area contributed by atoms with Crippen LogP contribution in [0.1, 0.15) is 17.3 Å². The van der Waals surface area contributed by atoms with Crippen molar-refractivity contribution in [2.75, 3.05) is 6.61 Å². The SMILES string of the molecule is CCOC(=O)c1cnc(-c2ccc([N+](=O)[O-])cc2)nc1Cl. The van der Waals surface area contributed by atoms with E-state index in [0.717, 1.165) is 0 Å². The molecule has 0 amide bonds. The number of rotatable bonds is 4. The van der Waals surface area contributed by atoms with Crippen molar-refractivity contribution in [2.24, 2.45) is 0 Å². The molecule has 21 heavy (non-hydrogen) atoms. The minimum absolute atomic E-state index is 0.0307. The number of nitrogens with zero attached hydrogens (tertiary/aromatic N) is 3. The third kappa shape index (κ3) is 3.32. The molecule has 7 nitrogen and oxygen atoms in total. The molecule has 0 aliphatic heterocycles. The van der Waals surface area contributed by atoms with Crippen molar-refractivity contribution in [1.29, 1.82) is 0 Å². The average Bonchev–Trinajstić information content (AvgIpc) is 2.47. The van der Waals surface area contributed by atoms with Gasteiger partial charge in [0.05, 0.1) is 11.5 Å². The second-order valence-electron chi connectivity index (χ2n) is 3.92. The quantitative estimate of drug-likeness (QED) is 0.373. The molecule has 108 valence electrons. The zero-order valence-electron chi connectivity index (χ0n) is 10.9. The van der Waals surface area contributed by atoms with Crippen LogP contribution in [0.25, 0.3) is 11.4 Å². The standard InChI is InChI=1S/C13H10ClN3O4/c1-2-21-13(18)10-7-15-12(16-11(10)14)8-3-5-9(6-4-8)17(19)20/h3-7H,2H2,1H3. The number of non-ortho nitro benzene ring substituents is 1. The van der Waals surface area contributed by atoms with Gasteiger partial charge in [-0.1, -0.05) is 11.6 Å². The molecule has 8 heteroatoms. The molecule has 0 atom stereocenters. The van der Waals surface area contributed by atoms with Gasteiger partial charge in [0.25, 0.3) is 5.69 Å². The van der Waals surface area contributed by atoms with Crippen LogP contribution in [0.4, 0.5) is 5.69 Å². The summed E-state index contributed by atoms with van der Waals surface area (Å²) >= 11 is 5.93. The summed E-state index contributed by atoms with van der Waals surface area (Å²) in [4.78, 5) is 29.7. The minimum atomic E-state index is -0.599. The molecule has 0 fully saturated rings. The molecule has 0 aliphatic carbocycles. The van der Waals surface area contributed by atoms with Gasteiger partial charge in [0, 0.05) is 23.9 Å². The van der Waals surface area contributed by atoms with Crippen LogP contribution in [0.3, 0.4) is 0 Å². The van der Waals surface area contributed by atoms with Crippen molar-refractivity contribution in [3.05, 3.63) is 51.3 Å². The number of carbonyl (C=O) groups is 1. The Labute approximate surface area is 124 Å². The summed E-state index contributed by atoms with van der Waals surface area (Å²) in [6.07, 6.45) is 1.27. The van der Waals surface area contributed by atoms with Gasteiger partial charge in [-0.15, -0.1) is 0 Å². The second kappa shape index (κ2) is 6.27. The maximum absolute atomic E-state index is 11.6. The van der Waals surface area contributed by atoms with E-state index in [-0.39, 0.29) is 28.8 Å². The van der Waals surface area contributed by atoms with E-state index in [1.165, 1.54) is 30.5 Å². The van der Waals surface area contributed by atoms with Crippen molar-refractivity contribution >= 4 is 23.3 Å². The number of esters is 1. The molecule has 1 aromatic heterocycles. The highest BCUT2D eigenvalue weighted by atomic mass is 35.5. The molecule has 0 N–H and O–H groups in total. The van der Waals surface area contributed by atoms with E-state index in [1.54, 1.807) is 6.92 Å². The van der Waals surface area contributed by atoms with Crippen molar-refractivity contribution in [3.8, 4) is 11.4 Å². The van der Waals surface area contributed by atoms with E-state index >= 15 is 0 Å². The molecule has 0 saturated heterocycles. The van der Waals surface area contributed by atoms with Crippen LogP contribution in [-0.4, -0.2) is 27.5 Å². The Hall–Kier alpha value is -2.54. The van der Waals surface area contributed by atoms with Crippen LogP contribution >= 0.6 is 11.6 Å². The Bertz CT molecular complexity index is 688. The van der Waals surface area contributed by atoms with Gasteiger partial charge >= 0.3 is 5.97 Å². The lowest BCUT2D eigenvalue weighted by molar-refractivity contribution is -0.384. The Morgan fingerprint density at radius 3 is 2.57 bits per heavy atom. The van der Waals surface area contributed by atoms with E-state index in [0.29, 0.717) is 5.56 Å². The lowest BCUT2D eigenvalue weighted by Gasteiger charge is -2.05. The first-order valence-electron chi connectivity index (χ1n) is 5.97. The van der Waals surface area contributed by atoms with E-state index in [2.05, 4.69) is 9.97 Å². The lowest BCUT2D eigenvalue weighted by atomic mass is 10.2. The number of benzene rings is 1. The zero-order valence-corrected chi connectivity index (χ0v) is 11.7. The molecule has 0 unspecified atom stereocenters. The maximum atomic E-state index is 11.6. The van der Waals surface area contributed by atoms with E-state index in [4.69, 9.17) is 16.3 Å². The van der Waals surface area contributed by atoms with Gasteiger partial charge in [-0.3, -0.25) is 10.1 Å². The summed E-state index contributed by atoms with van der Waals surface area (Å²) in [7, 11) is 0. The number of halogens is 1. The topological polar surface area (TPSA) is 95.2 Å². The van der Waals surface area contributed by atoms with E-state index < -0.39 is 10.9 Å². The first-order chi connectivity index (χ1) is 10.0. The van der Waals surface area contributed by atoms with Crippen LogP contribution in [0.15, 0.2) is 30.5 Å². The number of nitro benzene ring substituents is 1. The molecule has 2 aromatic rings. The van der Waals surface area contributed by atoms with Gasteiger partial charge < -0.3 is 4.74 Å². The first-order valence-corrected chi connectivity index (χ1v) is 6.35. The predicted octanol–water partition coefficient (Wildman–Crippen LogP) is 2.88. The number of nitro groups is 1. The fourth-order valence-corrected chi connectivity index (χ4v) is 1.78. The number of carbonyl (C=O) groups excluding carboxylic acids is 1. The normalized spacial score (nSPS) is 10.2. The van der Waals surface area contributed by atoms with Crippen LogP contribution < -0.4 is 0 Å². The van der Waals surface area contributed by atoms with Crippen LogP contribution in [0.5, 0.6) is 0 Å². The monoisotopic (exact) mass is 307 g/mol. The van der Waals surface area contributed by atoms with Gasteiger partial charge in [0.1, 0.15) is 10.7 Å². The predicted molar refractivity (Wildman–Crippen MR) is 75.1 cm³/mol. The summed E-state index contributed by atoms with van der Waals surface area (Å²) in [5, 5.41) is 10.6. The summed E-state index contributed by atoms with van der Waals surface area (Å²) in [6, 6.07) is 5.69. The van der Waals surface area contributed by atoms with Crippen LogP contribution in [0.2, 0.25) is 5.15 Å². The molecule has 1 heterocycles. The molecule has 1 aromatic carbocycles. The summed E-state index contributed by atoms with van der Waals surface area (Å²) in [5.74, 6) is -0.333. The van der Waals surface area contributed by atoms with Gasteiger partial charge in [-0.2, -0.15) is 0 Å². The van der Waals surface area contributed by atoms with E-state index in [9.17, 15) is 14.9 Å². The van der Waals surface area contributed by atoms with E-state index in [1.807, 2.05) is 0 Å². The molecule has 0 radical (unpaired) electrons. The molecular weight excluding hydrogens is 298 g/mol. The largest absolute Gasteiger partial charge is 0.462 e. The zero-order chi connectivity index (χ0) is 15.4. The highest BCUT2D eigenvalue weighted by Crippen LogP contribution is 2.22. The van der Waals surface area contributed by atoms with Crippen LogP contribution in [0, 0.1) is 10.1 Å². The number of ether oxygens (including phenoxy) is 1. The Morgan fingerprint density at radius 1 is 1.38 bits per heavy atom. The molecule has 0 aliphatic rings. The summed E-state index contributed by atoms with van der Waals surface area (Å²) < 4.78 is 4.82. The van der Waals surface area contributed by atoms with Crippen LogP contribution in [-0.2, 0) is 4.74 Å². The third-order valence-corrected chi connectivity index (χ3v) is 2.86. The smallest absolute Gasteiger partial charge is 0.342 e. The number of hydrogen-bond acceptors (Lipinski definition) is 6. The molecule has 0 bridgehead atoms. The Kier molecular flexibility index (Phi) is 4.44. The maximum Gasteiger partial charge on any atom is 0.342 e. The number of aromatic nitrogens is 2. The second-order valence-corrected chi connectivity index (χ2v) is 4.28. The molecular formula is C13H10ClN3O4. The van der Waals surface area contributed by atoms with Crippen molar-refractivity contribution in [1.82, 2.24) is 9.97 Å². The molecule has 0 spiro atoms. The Balaban J connectivity index is 2.31. The Morgan fingerprint density at radius 2 is 2.05 bits per heavy atom. The average molecular weight is 308 g/mol. The first kappa shape index (κ1) is 14.9. The van der Waals surface area contributed by atoms with Crippen molar-refractivity contribution in [3.63, 3.8) is 0 Å². The fraction of sp³-hybridized carbons (Fsp3) is 0.154. The summed E-state index contributed by atoms with van der Waals surface area (Å²) in [6.45, 7) is 1.90. The van der Waals surface area contributed by atoms with Gasteiger partial charge in [-0.05, 0) is 19.1 Å². The van der Waals surface area contributed by atoms with Gasteiger partial charge in [-0.25, -0.2) is 14.8 Å². The number of hydrogen-bond donors (Lipinski definition) is 0.